The van der Waals surface area contributed by atoms with E-state index in [1.165, 1.54) is 12.1 Å². The number of nitrogens with zero attached hydrogens (tertiary/aromatic N) is 1. The van der Waals surface area contributed by atoms with Gasteiger partial charge >= 0.3 is 12.4 Å². The quantitative estimate of drug-likeness (QED) is 0.235. The number of para-hydroxylation sites is 2. The maximum Gasteiger partial charge on any atom is 0.417 e. The van der Waals surface area contributed by atoms with Crippen molar-refractivity contribution in [2.75, 3.05) is 0 Å². The lowest BCUT2D eigenvalue weighted by molar-refractivity contribution is -0.141. The van der Waals surface area contributed by atoms with Crippen LogP contribution in [0.15, 0.2) is 91.0 Å². The van der Waals surface area contributed by atoms with Crippen molar-refractivity contribution in [1.29, 1.82) is 0 Å². The molecule has 33 heavy (non-hydrogen) atoms. The maximum atomic E-state index is 13.5. The van der Waals surface area contributed by atoms with Gasteiger partial charge in [-0.15, -0.1) is 0 Å². The van der Waals surface area contributed by atoms with Crippen molar-refractivity contribution in [2.24, 2.45) is 0 Å². The van der Waals surface area contributed by atoms with Gasteiger partial charge in [-0.3, -0.25) is 0 Å². The van der Waals surface area contributed by atoms with Crippen LogP contribution >= 0.6 is 0 Å². The highest BCUT2D eigenvalue weighted by Gasteiger charge is 2.37. The zero-order valence-electron chi connectivity index (χ0n) is 16.9. The highest BCUT2D eigenvalue weighted by molar-refractivity contribution is 6.09. The SMILES string of the molecule is FC(F)(F)c1ccc(C(F)(F)F)c(-c2ccc(-n3c4ccccc4c4ccccc43)cc2)c1. The monoisotopic (exact) mass is 455 g/mol. The Morgan fingerprint density at radius 3 is 1.61 bits per heavy atom. The first-order valence-electron chi connectivity index (χ1n) is 10.0. The average Bonchev–Trinajstić information content (AvgIpc) is 3.12. The van der Waals surface area contributed by atoms with E-state index < -0.39 is 29.0 Å². The summed E-state index contributed by atoms with van der Waals surface area (Å²) >= 11 is 0. The largest absolute Gasteiger partial charge is 0.417 e. The van der Waals surface area contributed by atoms with E-state index in [-0.39, 0.29) is 5.56 Å². The van der Waals surface area contributed by atoms with Crippen LogP contribution in [0.25, 0.3) is 38.6 Å². The molecule has 0 spiro atoms. The fourth-order valence-electron chi connectivity index (χ4n) is 4.20. The zero-order chi connectivity index (χ0) is 23.4. The third-order valence-electron chi connectivity index (χ3n) is 5.67. The summed E-state index contributed by atoms with van der Waals surface area (Å²) in [5, 5.41) is 2.05. The van der Waals surface area contributed by atoms with Crippen molar-refractivity contribution in [3.8, 4) is 16.8 Å². The van der Waals surface area contributed by atoms with E-state index in [1.807, 2.05) is 53.1 Å². The van der Waals surface area contributed by atoms with Crippen molar-refractivity contribution in [2.45, 2.75) is 12.4 Å². The predicted octanol–water partition coefficient (Wildman–Crippen LogP) is 8.49. The topological polar surface area (TPSA) is 4.93 Å². The molecule has 166 valence electrons. The molecule has 0 N–H and O–H groups in total. The van der Waals surface area contributed by atoms with E-state index >= 15 is 0 Å². The van der Waals surface area contributed by atoms with Gasteiger partial charge in [0.15, 0.2) is 0 Å². The van der Waals surface area contributed by atoms with Gasteiger partial charge in [0.25, 0.3) is 0 Å². The molecular formula is C26H15F6N. The number of fused-ring (bicyclic) bond motifs is 3. The molecular weight excluding hydrogens is 440 g/mol. The highest BCUT2D eigenvalue weighted by atomic mass is 19.4. The molecule has 0 aliphatic carbocycles. The molecule has 5 rings (SSSR count). The Hall–Kier alpha value is -3.74. The fourth-order valence-corrected chi connectivity index (χ4v) is 4.20. The summed E-state index contributed by atoms with van der Waals surface area (Å²) in [4.78, 5) is 0. The highest BCUT2D eigenvalue weighted by Crippen LogP contribution is 2.41. The van der Waals surface area contributed by atoms with Crippen LogP contribution < -0.4 is 0 Å². The van der Waals surface area contributed by atoms with Crippen molar-refractivity contribution >= 4 is 21.8 Å². The molecule has 7 heteroatoms. The molecule has 0 atom stereocenters. The number of alkyl halides is 6. The Labute approximate surface area is 184 Å². The molecule has 0 bridgehead atoms. The molecule has 0 fully saturated rings. The van der Waals surface area contributed by atoms with Gasteiger partial charge in [-0.2, -0.15) is 26.3 Å². The van der Waals surface area contributed by atoms with Crippen LogP contribution in [0.2, 0.25) is 0 Å². The van der Waals surface area contributed by atoms with Gasteiger partial charge in [0.2, 0.25) is 0 Å². The van der Waals surface area contributed by atoms with E-state index in [1.54, 1.807) is 12.1 Å². The molecule has 1 heterocycles. The predicted molar refractivity (Wildman–Crippen MR) is 116 cm³/mol. The molecule has 0 radical (unpaired) electrons. The number of benzene rings is 4. The summed E-state index contributed by atoms with van der Waals surface area (Å²) in [5.74, 6) is 0. The zero-order valence-corrected chi connectivity index (χ0v) is 16.9. The van der Waals surface area contributed by atoms with E-state index in [2.05, 4.69) is 0 Å². The Kier molecular flexibility index (Phi) is 4.74. The summed E-state index contributed by atoms with van der Waals surface area (Å²) in [6.45, 7) is 0. The molecule has 0 saturated heterocycles. The molecule has 5 aromatic rings. The minimum absolute atomic E-state index is 0.0537. The molecule has 1 aromatic heterocycles. The van der Waals surface area contributed by atoms with Crippen LogP contribution in [0.3, 0.4) is 0 Å². The summed E-state index contributed by atoms with van der Waals surface area (Å²) in [6, 6.07) is 23.1. The second kappa shape index (κ2) is 7.40. The van der Waals surface area contributed by atoms with Gasteiger partial charge < -0.3 is 4.57 Å². The fraction of sp³-hybridized carbons (Fsp3) is 0.0769. The minimum atomic E-state index is -4.79. The van der Waals surface area contributed by atoms with Gasteiger partial charge in [0.1, 0.15) is 0 Å². The van der Waals surface area contributed by atoms with Crippen molar-refractivity contribution in [1.82, 2.24) is 4.57 Å². The summed E-state index contributed by atoms with van der Waals surface area (Å²) in [5.41, 5.74) is -0.166. The van der Waals surface area contributed by atoms with Gasteiger partial charge in [-0.1, -0.05) is 48.5 Å². The third kappa shape index (κ3) is 3.63. The first-order valence-corrected chi connectivity index (χ1v) is 10.0. The Morgan fingerprint density at radius 1 is 0.545 bits per heavy atom. The van der Waals surface area contributed by atoms with Gasteiger partial charge in [-0.25, -0.2) is 0 Å². The Balaban J connectivity index is 1.68. The number of hydrogen-bond acceptors (Lipinski definition) is 0. The maximum absolute atomic E-state index is 13.5. The van der Waals surface area contributed by atoms with E-state index in [0.29, 0.717) is 23.9 Å². The molecule has 0 unspecified atom stereocenters. The average molecular weight is 455 g/mol. The second-order valence-corrected chi connectivity index (χ2v) is 7.67. The third-order valence-corrected chi connectivity index (χ3v) is 5.67. The van der Waals surface area contributed by atoms with E-state index in [0.717, 1.165) is 21.8 Å². The van der Waals surface area contributed by atoms with Crippen LogP contribution in [0.1, 0.15) is 11.1 Å². The van der Waals surface area contributed by atoms with Crippen LogP contribution in [0.5, 0.6) is 0 Å². The smallest absolute Gasteiger partial charge is 0.309 e. The summed E-state index contributed by atoms with van der Waals surface area (Å²) in [7, 11) is 0. The van der Waals surface area contributed by atoms with Crippen LogP contribution in [0, 0.1) is 0 Å². The standard InChI is InChI=1S/C26H15F6N/c27-25(28,29)17-11-14-22(26(30,31)32)21(15-17)16-9-12-18(13-10-16)33-23-7-3-1-5-19(23)20-6-2-4-8-24(20)33/h1-15H. The summed E-state index contributed by atoms with van der Waals surface area (Å²) in [6.07, 6.45) is -9.53. The van der Waals surface area contributed by atoms with Gasteiger partial charge in [0.05, 0.1) is 22.2 Å². The Morgan fingerprint density at radius 2 is 1.09 bits per heavy atom. The lowest BCUT2D eigenvalue weighted by atomic mass is 9.96. The molecule has 0 amide bonds. The number of halogens is 6. The minimum Gasteiger partial charge on any atom is -0.309 e. The van der Waals surface area contributed by atoms with Crippen LogP contribution in [-0.2, 0) is 12.4 Å². The molecule has 4 aromatic carbocycles. The van der Waals surface area contributed by atoms with Gasteiger partial charge in [0, 0.05) is 16.5 Å². The van der Waals surface area contributed by atoms with E-state index in [9.17, 15) is 26.3 Å². The van der Waals surface area contributed by atoms with Crippen molar-refractivity contribution < 1.29 is 26.3 Å². The number of hydrogen-bond donors (Lipinski definition) is 0. The molecule has 1 nitrogen and oxygen atoms in total. The summed E-state index contributed by atoms with van der Waals surface area (Å²) < 4.78 is 82.1. The normalized spacial score (nSPS) is 12.5. The van der Waals surface area contributed by atoms with Crippen LogP contribution in [-0.4, -0.2) is 4.57 Å². The Bertz CT molecular complexity index is 1420. The van der Waals surface area contributed by atoms with Crippen molar-refractivity contribution in [3.05, 3.63) is 102 Å². The van der Waals surface area contributed by atoms with Gasteiger partial charge in [-0.05, 0) is 53.6 Å². The first kappa shape index (κ1) is 21.1. The lowest BCUT2D eigenvalue weighted by Gasteiger charge is -2.16. The first-order chi connectivity index (χ1) is 15.6. The molecule has 0 aliphatic heterocycles. The second-order valence-electron chi connectivity index (χ2n) is 7.67. The van der Waals surface area contributed by atoms with E-state index in [4.69, 9.17) is 0 Å². The molecule has 0 saturated carbocycles. The van der Waals surface area contributed by atoms with Crippen molar-refractivity contribution in [3.63, 3.8) is 0 Å². The lowest BCUT2D eigenvalue weighted by Crippen LogP contribution is -2.11. The molecule has 0 aliphatic rings. The van der Waals surface area contributed by atoms with Crippen LogP contribution in [0.4, 0.5) is 26.3 Å². The number of aromatic nitrogens is 1. The number of rotatable bonds is 2.